The van der Waals surface area contributed by atoms with E-state index in [2.05, 4.69) is 15.6 Å². The molecule has 0 aromatic heterocycles. The van der Waals surface area contributed by atoms with Crippen molar-refractivity contribution in [1.29, 1.82) is 0 Å². The van der Waals surface area contributed by atoms with Crippen LogP contribution >= 0.6 is 0 Å². The minimum atomic E-state index is 0.676. The fraction of sp³-hybridized carbons (Fsp3) is 0.950. The summed E-state index contributed by atoms with van der Waals surface area (Å²) in [6.07, 6.45) is 6.50. The summed E-state index contributed by atoms with van der Waals surface area (Å²) in [5, 5.41) is 6.67. The first-order chi connectivity index (χ1) is 13.4. The van der Waals surface area contributed by atoms with Crippen molar-refractivity contribution in [3.05, 3.63) is 0 Å². The molecule has 2 heterocycles. The summed E-state index contributed by atoms with van der Waals surface area (Å²) in [6, 6.07) is 0. The van der Waals surface area contributed by atoms with Gasteiger partial charge in [0.25, 0.3) is 0 Å². The molecule has 2 saturated heterocycles. The number of hydrogen-bond donors (Lipinski definition) is 2. The molecule has 0 radical (unpaired) electrons. The second-order valence-electron chi connectivity index (χ2n) is 7.39. The van der Waals surface area contributed by atoms with Crippen LogP contribution in [0.1, 0.15) is 38.5 Å². The number of ether oxygens (including phenoxy) is 4. The highest BCUT2D eigenvalue weighted by Crippen LogP contribution is 2.15. The standard InChI is InChI=1S/C20H39N3O4/c1-21-20(22-8-2-10-26-16-18-4-12-24-13-5-18)23-9-3-11-27-17-19-6-14-25-15-7-19/h18-19H,2-17H2,1H3,(H2,21,22,23). The van der Waals surface area contributed by atoms with E-state index in [4.69, 9.17) is 18.9 Å². The SMILES string of the molecule is CN=C(NCCCOCC1CCOCC1)NCCCOCC1CCOCC1. The fourth-order valence-corrected chi connectivity index (χ4v) is 3.31. The first kappa shape index (κ1) is 22.4. The largest absolute Gasteiger partial charge is 0.381 e. The van der Waals surface area contributed by atoms with Gasteiger partial charge in [0.15, 0.2) is 5.96 Å². The maximum absolute atomic E-state index is 5.78. The summed E-state index contributed by atoms with van der Waals surface area (Å²) in [5.74, 6) is 2.20. The van der Waals surface area contributed by atoms with Crippen molar-refractivity contribution in [1.82, 2.24) is 10.6 Å². The van der Waals surface area contributed by atoms with Crippen LogP contribution < -0.4 is 10.6 Å². The van der Waals surface area contributed by atoms with Crippen molar-refractivity contribution in [3.8, 4) is 0 Å². The monoisotopic (exact) mass is 385 g/mol. The lowest BCUT2D eigenvalue weighted by Gasteiger charge is -2.21. The zero-order chi connectivity index (χ0) is 19.0. The van der Waals surface area contributed by atoms with Gasteiger partial charge in [-0.3, -0.25) is 4.99 Å². The van der Waals surface area contributed by atoms with Gasteiger partial charge in [-0.25, -0.2) is 0 Å². The molecule has 0 atom stereocenters. The van der Waals surface area contributed by atoms with E-state index in [1.54, 1.807) is 7.05 Å². The van der Waals surface area contributed by atoms with Gasteiger partial charge in [-0.15, -0.1) is 0 Å². The summed E-state index contributed by atoms with van der Waals surface area (Å²) in [4.78, 5) is 4.26. The maximum atomic E-state index is 5.78. The average Bonchev–Trinajstić information content (AvgIpc) is 2.73. The molecule has 0 saturated carbocycles. The van der Waals surface area contributed by atoms with E-state index in [0.717, 1.165) is 110 Å². The van der Waals surface area contributed by atoms with Crippen molar-refractivity contribution < 1.29 is 18.9 Å². The van der Waals surface area contributed by atoms with E-state index >= 15 is 0 Å². The molecule has 0 aromatic carbocycles. The Kier molecular flexibility index (Phi) is 12.5. The summed E-state index contributed by atoms with van der Waals surface area (Å²) >= 11 is 0. The van der Waals surface area contributed by atoms with E-state index in [0.29, 0.717) is 11.8 Å². The van der Waals surface area contributed by atoms with Gasteiger partial charge in [-0.05, 0) is 50.4 Å². The normalized spacial score (nSPS) is 19.0. The molecule has 0 aromatic rings. The van der Waals surface area contributed by atoms with Gasteiger partial charge in [0.2, 0.25) is 0 Å². The van der Waals surface area contributed by atoms with E-state index < -0.39 is 0 Å². The lowest BCUT2D eigenvalue weighted by Crippen LogP contribution is -2.38. The predicted molar refractivity (Wildman–Crippen MR) is 107 cm³/mol. The number of hydrogen-bond acceptors (Lipinski definition) is 5. The Hall–Kier alpha value is -0.890. The quantitative estimate of drug-likeness (QED) is 0.303. The molecule has 7 nitrogen and oxygen atoms in total. The van der Waals surface area contributed by atoms with Crippen molar-refractivity contribution in [2.24, 2.45) is 16.8 Å². The van der Waals surface area contributed by atoms with Crippen LogP contribution in [0.2, 0.25) is 0 Å². The van der Waals surface area contributed by atoms with E-state index in [1.807, 2.05) is 0 Å². The molecule has 2 rings (SSSR count). The maximum Gasteiger partial charge on any atom is 0.190 e. The molecular weight excluding hydrogens is 346 g/mol. The van der Waals surface area contributed by atoms with Crippen molar-refractivity contribution in [2.45, 2.75) is 38.5 Å². The smallest absolute Gasteiger partial charge is 0.190 e. The molecule has 7 heteroatoms. The summed E-state index contributed by atoms with van der Waals surface area (Å²) in [6.45, 7) is 8.60. The molecule has 0 spiro atoms. The summed E-state index contributed by atoms with van der Waals surface area (Å²) in [5.41, 5.74) is 0. The van der Waals surface area contributed by atoms with Crippen molar-refractivity contribution in [3.63, 3.8) is 0 Å². The van der Waals surface area contributed by atoms with Gasteiger partial charge < -0.3 is 29.6 Å². The highest BCUT2D eigenvalue weighted by molar-refractivity contribution is 5.79. The van der Waals surface area contributed by atoms with Crippen LogP contribution in [0, 0.1) is 11.8 Å². The molecule has 2 N–H and O–H groups in total. The van der Waals surface area contributed by atoms with Gasteiger partial charge in [-0.2, -0.15) is 0 Å². The zero-order valence-electron chi connectivity index (χ0n) is 17.0. The minimum absolute atomic E-state index is 0.676. The van der Waals surface area contributed by atoms with Crippen LogP contribution in [-0.4, -0.2) is 79.0 Å². The number of nitrogens with zero attached hydrogens (tertiary/aromatic N) is 1. The predicted octanol–water partition coefficient (Wildman–Crippen LogP) is 1.82. The highest BCUT2D eigenvalue weighted by atomic mass is 16.5. The molecule has 0 unspecified atom stereocenters. The molecular formula is C20H39N3O4. The van der Waals surface area contributed by atoms with Crippen molar-refractivity contribution >= 4 is 5.96 Å². The lowest BCUT2D eigenvalue weighted by molar-refractivity contribution is 0.0202. The van der Waals surface area contributed by atoms with Crippen molar-refractivity contribution in [2.75, 3.05) is 73.0 Å². The average molecular weight is 386 g/mol. The van der Waals surface area contributed by atoms with E-state index in [-0.39, 0.29) is 0 Å². The minimum Gasteiger partial charge on any atom is -0.381 e. The van der Waals surface area contributed by atoms with Crippen LogP contribution in [-0.2, 0) is 18.9 Å². The van der Waals surface area contributed by atoms with Crippen LogP contribution in [0.25, 0.3) is 0 Å². The van der Waals surface area contributed by atoms with Crippen LogP contribution in [0.5, 0.6) is 0 Å². The molecule has 0 bridgehead atoms. The summed E-state index contributed by atoms with van der Waals surface area (Å²) < 4.78 is 22.3. The Morgan fingerprint density at radius 3 is 1.67 bits per heavy atom. The van der Waals surface area contributed by atoms with E-state index in [1.165, 1.54) is 0 Å². The molecule has 0 amide bonds. The van der Waals surface area contributed by atoms with Crippen LogP contribution in [0.4, 0.5) is 0 Å². The lowest BCUT2D eigenvalue weighted by atomic mass is 10.0. The fourth-order valence-electron chi connectivity index (χ4n) is 3.31. The first-order valence-electron chi connectivity index (χ1n) is 10.6. The molecule has 27 heavy (non-hydrogen) atoms. The molecule has 2 fully saturated rings. The molecule has 0 aliphatic carbocycles. The van der Waals surface area contributed by atoms with Gasteiger partial charge >= 0.3 is 0 Å². The Balaban J connectivity index is 1.37. The Morgan fingerprint density at radius 2 is 1.26 bits per heavy atom. The molecule has 2 aliphatic rings. The van der Waals surface area contributed by atoms with Gasteiger partial charge in [-0.1, -0.05) is 0 Å². The van der Waals surface area contributed by atoms with Gasteiger partial charge in [0.05, 0.1) is 0 Å². The second kappa shape index (κ2) is 15.1. The Morgan fingerprint density at radius 1 is 0.815 bits per heavy atom. The Labute approximate surface area is 164 Å². The summed E-state index contributed by atoms with van der Waals surface area (Å²) in [7, 11) is 1.80. The number of rotatable bonds is 12. The van der Waals surface area contributed by atoms with Gasteiger partial charge in [0, 0.05) is 73.0 Å². The van der Waals surface area contributed by atoms with E-state index in [9.17, 15) is 0 Å². The molecule has 158 valence electrons. The molecule has 2 aliphatic heterocycles. The Bertz CT molecular complexity index is 351. The topological polar surface area (TPSA) is 73.3 Å². The second-order valence-corrected chi connectivity index (χ2v) is 7.39. The third kappa shape index (κ3) is 10.9. The number of aliphatic imine (C=N–C) groups is 1. The third-order valence-electron chi connectivity index (χ3n) is 5.13. The third-order valence-corrected chi connectivity index (χ3v) is 5.13. The number of nitrogens with one attached hydrogen (secondary N) is 2. The number of guanidine groups is 1. The first-order valence-corrected chi connectivity index (χ1v) is 10.6. The van der Waals surface area contributed by atoms with Crippen LogP contribution in [0.15, 0.2) is 4.99 Å². The van der Waals surface area contributed by atoms with Gasteiger partial charge in [0.1, 0.15) is 0 Å². The highest BCUT2D eigenvalue weighted by Gasteiger charge is 2.14. The zero-order valence-corrected chi connectivity index (χ0v) is 17.0. The van der Waals surface area contributed by atoms with Crippen LogP contribution in [0.3, 0.4) is 0 Å².